The van der Waals surface area contributed by atoms with E-state index >= 15 is 0 Å². The molecule has 2 aromatic heterocycles. The van der Waals surface area contributed by atoms with Gasteiger partial charge in [-0.05, 0) is 18.2 Å². The SMILES string of the molecule is OC(c1cccc(Cl)c1Cl)c1cnn2ccccc12. The standard InChI is InChI=1S/C14H10Cl2N2O/c15-11-5-3-4-9(13(11)16)14(19)10-8-17-18-7-2-1-6-12(10)18/h1-8,14,19H. The molecule has 3 aromatic rings. The van der Waals surface area contributed by atoms with Crippen LogP contribution in [0.4, 0.5) is 0 Å². The maximum absolute atomic E-state index is 10.5. The minimum Gasteiger partial charge on any atom is -0.383 e. The molecule has 0 aliphatic rings. The Bertz CT molecular complexity index is 739. The third-order valence-corrected chi connectivity index (χ3v) is 3.86. The lowest BCUT2D eigenvalue weighted by molar-refractivity contribution is 0.222. The van der Waals surface area contributed by atoms with Crippen LogP contribution in [0.25, 0.3) is 5.52 Å². The van der Waals surface area contributed by atoms with Crippen molar-refractivity contribution in [2.75, 3.05) is 0 Å². The first-order valence-electron chi connectivity index (χ1n) is 5.72. The highest BCUT2D eigenvalue weighted by Crippen LogP contribution is 2.34. The molecule has 1 atom stereocenters. The molecule has 19 heavy (non-hydrogen) atoms. The zero-order valence-electron chi connectivity index (χ0n) is 9.79. The minimum absolute atomic E-state index is 0.368. The van der Waals surface area contributed by atoms with Gasteiger partial charge in [0.25, 0.3) is 0 Å². The average molecular weight is 293 g/mol. The highest BCUT2D eigenvalue weighted by atomic mass is 35.5. The Hall–Kier alpha value is -1.55. The van der Waals surface area contributed by atoms with E-state index in [1.165, 1.54) is 0 Å². The summed E-state index contributed by atoms with van der Waals surface area (Å²) in [5, 5.41) is 15.5. The monoisotopic (exact) mass is 292 g/mol. The van der Waals surface area contributed by atoms with Gasteiger partial charge in [0.15, 0.2) is 0 Å². The first kappa shape index (κ1) is 12.5. The van der Waals surface area contributed by atoms with Gasteiger partial charge in [-0.25, -0.2) is 4.52 Å². The number of fused-ring (bicyclic) bond motifs is 1. The number of rotatable bonds is 2. The Balaban J connectivity index is 2.13. The lowest BCUT2D eigenvalue weighted by Gasteiger charge is -2.12. The zero-order valence-corrected chi connectivity index (χ0v) is 11.3. The molecule has 0 amide bonds. The fourth-order valence-electron chi connectivity index (χ4n) is 2.06. The van der Waals surface area contributed by atoms with Crippen molar-refractivity contribution in [3.63, 3.8) is 0 Å². The van der Waals surface area contributed by atoms with Crippen molar-refractivity contribution in [2.24, 2.45) is 0 Å². The summed E-state index contributed by atoms with van der Waals surface area (Å²) >= 11 is 12.1. The van der Waals surface area contributed by atoms with Crippen LogP contribution in [0.3, 0.4) is 0 Å². The predicted molar refractivity (Wildman–Crippen MR) is 75.7 cm³/mol. The van der Waals surface area contributed by atoms with E-state index in [1.54, 1.807) is 28.9 Å². The number of nitrogens with zero attached hydrogens (tertiary/aromatic N) is 2. The smallest absolute Gasteiger partial charge is 0.109 e. The number of benzene rings is 1. The molecule has 0 radical (unpaired) electrons. The van der Waals surface area contributed by atoms with Crippen molar-refractivity contribution in [2.45, 2.75) is 6.10 Å². The van der Waals surface area contributed by atoms with Gasteiger partial charge >= 0.3 is 0 Å². The second-order valence-corrected chi connectivity index (χ2v) is 4.96. The molecular formula is C14H10Cl2N2O. The fourth-order valence-corrected chi connectivity index (χ4v) is 2.48. The van der Waals surface area contributed by atoms with Gasteiger partial charge in [0.1, 0.15) is 6.10 Å². The second-order valence-electron chi connectivity index (χ2n) is 4.18. The van der Waals surface area contributed by atoms with Gasteiger partial charge in [0.05, 0.1) is 21.8 Å². The summed E-state index contributed by atoms with van der Waals surface area (Å²) in [5.41, 5.74) is 2.11. The summed E-state index contributed by atoms with van der Waals surface area (Å²) in [6.45, 7) is 0. The van der Waals surface area contributed by atoms with Gasteiger partial charge < -0.3 is 5.11 Å². The number of aliphatic hydroxyl groups is 1. The normalized spacial score (nSPS) is 12.8. The molecule has 0 aliphatic heterocycles. The molecule has 3 nitrogen and oxygen atoms in total. The van der Waals surface area contributed by atoms with Crippen LogP contribution in [0, 0.1) is 0 Å². The summed E-state index contributed by atoms with van der Waals surface area (Å²) in [7, 11) is 0. The van der Waals surface area contributed by atoms with Gasteiger partial charge in [-0.1, -0.05) is 41.4 Å². The molecule has 0 saturated carbocycles. The topological polar surface area (TPSA) is 37.5 Å². The molecule has 3 rings (SSSR count). The fraction of sp³-hybridized carbons (Fsp3) is 0.0714. The Labute approximate surface area is 120 Å². The lowest BCUT2D eigenvalue weighted by atomic mass is 10.0. The van der Waals surface area contributed by atoms with Gasteiger partial charge in [-0.2, -0.15) is 5.10 Å². The third-order valence-electron chi connectivity index (χ3n) is 3.03. The average Bonchev–Trinajstić information content (AvgIpc) is 2.85. The number of hydrogen-bond acceptors (Lipinski definition) is 2. The summed E-state index contributed by atoms with van der Waals surface area (Å²) in [4.78, 5) is 0. The van der Waals surface area contributed by atoms with Crippen LogP contribution in [0.5, 0.6) is 0 Å². The molecule has 0 spiro atoms. The van der Waals surface area contributed by atoms with Crippen molar-refractivity contribution in [1.29, 1.82) is 0 Å². The van der Waals surface area contributed by atoms with Gasteiger partial charge in [0, 0.05) is 17.3 Å². The molecule has 2 heterocycles. The van der Waals surface area contributed by atoms with E-state index in [1.807, 2.05) is 24.4 Å². The van der Waals surface area contributed by atoms with Gasteiger partial charge in [-0.3, -0.25) is 0 Å². The molecule has 1 aromatic carbocycles. The zero-order chi connectivity index (χ0) is 13.4. The van der Waals surface area contributed by atoms with Crippen LogP contribution < -0.4 is 0 Å². The van der Waals surface area contributed by atoms with E-state index in [0.717, 1.165) is 5.52 Å². The maximum atomic E-state index is 10.5. The Morgan fingerprint density at radius 3 is 2.74 bits per heavy atom. The molecule has 5 heteroatoms. The van der Waals surface area contributed by atoms with Crippen molar-refractivity contribution >= 4 is 28.7 Å². The van der Waals surface area contributed by atoms with Crippen LogP contribution in [0.15, 0.2) is 48.8 Å². The Morgan fingerprint density at radius 1 is 1.05 bits per heavy atom. The first-order chi connectivity index (χ1) is 9.18. The molecule has 0 bridgehead atoms. The molecule has 0 aliphatic carbocycles. The van der Waals surface area contributed by atoms with E-state index < -0.39 is 6.10 Å². The third kappa shape index (κ3) is 2.10. The molecule has 1 unspecified atom stereocenters. The van der Waals surface area contributed by atoms with Crippen molar-refractivity contribution in [3.8, 4) is 0 Å². The highest BCUT2D eigenvalue weighted by Gasteiger charge is 2.19. The first-order valence-corrected chi connectivity index (χ1v) is 6.48. The van der Waals surface area contributed by atoms with E-state index in [-0.39, 0.29) is 0 Å². The Kier molecular flexibility index (Phi) is 3.19. The summed E-state index contributed by atoms with van der Waals surface area (Å²) < 4.78 is 1.71. The maximum Gasteiger partial charge on any atom is 0.109 e. The summed E-state index contributed by atoms with van der Waals surface area (Å²) in [5.74, 6) is 0. The van der Waals surface area contributed by atoms with E-state index in [9.17, 15) is 5.11 Å². The van der Waals surface area contributed by atoms with Crippen LogP contribution in [-0.2, 0) is 0 Å². The van der Waals surface area contributed by atoms with E-state index in [0.29, 0.717) is 21.2 Å². The van der Waals surface area contributed by atoms with Gasteiger partial charge in [0.2, 0.25) is 0 Å². The van der Waals surface area contributed by atoms with E-state index in [2.05, 4.69) is 5.10 Å². The van der Waals surface area contributed by atoms with E-state index in [4.69, 9.17) is 23.2 Å². The minimum atomic E-state index is -0.855. The number of aliphatic hydroxyl groups excluding tert-OH is 1. The molecule has 1 N–H and O–H groups in total. The number of aromatic nitrogens is 2. The molecule has 0 saturated heterocycles. The van der Waals surface area contributed by atoms with Gasteiger partial charge in [-0.15, -0.1) is 0 Å². The predicted octanol–water partition coefficient (Wildman–Crippen LogP) is 3.72. The van der Waals surface area contributed by atoms with Crippen LogP contribution in [0.2, 0.25) is 10.0 Å². The van der Waals surface area contributed by atoms with Crippen LogP contribution in [0.1, 0.15) is 17.2 Å². The number of hydrogen-bond donors (Lipinski definition) is 1. The van der Waals surface area contributed by atoms with Crippen molar-refractivity contribution in [1.82, 2.24) is 9.61 Å². The molecule has 0 fully saturated rings. The summed E-state index contributed by atoms with van der Waals surface area (Å²) in [6, 6.07) is 10.9. The van der Waals surface area contributed by atoms with Crippen molar-refractivity contribution < 1.29 is 5.11 Å². The quantitative estimate of drug-likeness (QED) is 0.782. The van der Waals surface area contributed by atoms with Crippen LogP contribution in [-0.4, -0.2) is 14.7 Å². The molecule has 96 valence electrons. The van der Waals surface area contributed by atoms with Crippen LogP contribution >= 0.6 is 23.2 Å². The second kappa shape index (κ2) is 4.85. The summed E-state index contributed by atoms with van der Waals surface area (Å²) in [6.07, 6.45) is 2.61. The molecular weight excluding hydrogens is 283 g/mol. The number of halogens is 2. The number of pyridine rings is 1. The highest BCUT2D eigenvalue weighted by molar-refractivity contribution is 6.42. The Morgan fingerprint density at radius 2 is 1.89 bits per heavy atom. The lowest BCUT2D eigenvalue weighted by Crippen LogP contribution is -2.00. The van der Waals surface area contributed by atoms with Crippen molar-refractivity contribution in [3.05, 3.63) is 70.0 Å². The largest absolute Gasteiger partial charge is 0.383 e.